The van der Waals surface area contributed by atoms with Crippen LogP contribution in [0.3, 0.4) is 0 Å². The highest BCUT2D eigenvalue weighted by Gasteiger charge is 2.20. The van der Waals surface area contributed by atoms with Crippen molar-refractivity contribution in [3.63, 3.8) is 0 Å². The topological polar surface area (TPSA) is 49.4 Å². The molecule has 0 amide bonds. The first kappa shape index (κ1) is 18.8. The largest absolute Gasteiger partial charge is 0.301 e. The molecule has 4 nitrogen and oxygen atoms in total. The molecule has 26 heavy (non-hydrogen) atoms. The van der Waals surface area contributed by atoms with Gasteiger partial charge in [-0.15, -0.1) is 0 Å². The van der Waals surface area contributed by atoms with Crippen LogP contribution in [0.25, 0.3) is 11.1 Å². The fourth-order valence-electron chi connectivity index (χ4n) is 2.79. The van der Waals surface area contributed by atoms with Crippen molar-refractivity contribution in [2.24, 2.45) is 0 Å². The molecule has 1 N–H and O–H groups in total. The number of rotatable bonds is 7. The molecule has 3 rings (SSSR count). The van der Waals surface area contributed by atoms with Gasteiger partial charge in [-0.25, -0.2) is 13.1 Å². The molecule has 0 aliphatic heterocycles. The Bertz CT molecular complexity index is 920. The minimum absolute atomic E-state index is 0.000355. The van der Waals surface area contributed by atoms with Gasteiger partial charge in [-0.2, -0.15) is 11.3 Å². The van der Waals surface area contributed by atoms with Crippen LogP contribution in [-0.4, -0.2) is 34.0 Å². The molecule has 0 radical (unpaired) electrons. The first-order chi connectivity index (χ1) is 12.5. The number of hydrogen-bond acceptors (Lipinski definition) is 4. The first-order valence-corrected chi connectivity index (χ1v) is 10.7. The molecule has 2 aromatic carbocycles. The second kappa shape index (κ2) is 8.14. The van der Waals surface area contributed by atoms with Gasteiger partial charge in [0.1, 0.15) is 0 Å². The van der Waals surface area contributed by atoms with E-state index in [-0.39, 0.29) is 10.9 Å². The van der Waals surface area contributed by atoms with Crippen molar-refractivity contribution >= 4 is 21.4 Å². The highest BCUT2D eigenvalue weighted by Crippen LogP contribution is 2.23. The Labute approximate surface area is 159 Å². The molecule has 0 unspecified atom stereocenters. The molecule has 0 bridgehead atoms. The van der Waals surface area contributed by atoms with Crippen molar-refractivity contribution in [1.82, 2.24) is 9.62 Å². The minimum Gasteiger partial charge on any atom is -0.301 e. The predicted molar refractivity (Wildman–Crippen MR) is 108 cm³/mol. The summed E-state index contributed by atoms with van der Waals surface area (Å²) in [7, 11) is 0.347. The summed E-state index contributed by atoms with van der Waals surface area (Å²) in [5.74, 6) is 0. The number of thiophene rings is 1. The summed E-state index contributed by atoms with van der Waals surface area (Å²) in [4.78, 5) is 2.29. The molecule has 1 heterocycles. The maximum Gasteiger partial charge on any atom is 0.240 e. The fraction of sp³-hybridized carbons (Fsp3) is 0.200. The highest BCUT2D eigenvalue weighted by atomic mass is 32.2. The predicted octanol–water partition coefficient (Wildman–Crippen LogP) is 4.00. The van der Waals surface area contributed by atoms with E-state index in [1.807, 2.05) is 78.3 Å². The van der Waals surface area contributed by atoms with Crippen LogP contribution in [0.5, 0.6) is 0 Å². The standard InChI is InChI=1S/C20H22N2O2S2/c1-22(2)20(18-12-13-25-15-18)14-21-26(23,24)19-10-8-17(9-11-19)16-6-4-3-5-7-16/h3-13,15,20-21H,14H2,1-2H3/t20-/m1/s1. The Morgan fingerprint density at radius 1 is 0.962 bits per heavy atom. The monoisotopic (exact) mass is 386 g/mol. The summed E-state index contributed by atoms with van der Waals surface area (Å²) >= 11 is 1.61. The van der Waals surface area contributed by atoms with Crippen LogP contribution in [0.15, 0.2) is 76.3 Å². The van der Waals surface area contributed by atoms with E-state index in [1.54, 1.807) is 23.5 Å². The third-order valence-electron chi connectivity index (χ3n) is 4.29. The Morgan fingerprint density at radius 3 is 2.19 bits per heavy atom. The summed E-state index contributed by atoms with van der Waals surface area (Å²) in [6.45, 7) is 0.326. The Morgan fingerprint density at radius 2 is 1.62 bits per heavy atom. The van der Waals surface area contributed by atoms with E-state index in [4.69, 9.17) is 0 Å². The summed E-state index contributed by atoms with van der Waals surface area (Å²) in [6.07, 6.45) is 0. The molecule has 0 aliphatic rings. The van der Waals surface area contributed by atoms with Gasteiger partial charge in [-0.3, -0.25) is 0 Å². The fourth-order valence-corrected chi connectivity index (χ4v) is 4.54. The van der Waals surface area contributed by atoms with Crippen LogP contribution >= 0.6 is 11.3 Å². The van der Waals surface area contributed by atoms with E-state index in [9.17, 15) is 8.42 Å². The molecule has 1 atom stereocenters. The van der Waals surface area contributed by atoms with E-state index in [0.717, 1.165) is 16.7 Å². The summed E-state index contributed by atoms with van der Waals surface area (Å²) in [5, 5.41) is 4.05. The van der Waals surface area contributed by atoms with Crippen LogP contribution < -0.4 is 4.72 Å². The van der Waals surface area contributed by atoms with Crippen LogP contribution in [-0.2, 0) is 10.0 Å². The average molecular weight is 387 g/mol. The maximum absolute atomic E-state index is 12.6. The molecular formula is C20H22N2O2S2. The van der Waals surface area contributed by atoms with Crippen molar-refractivity contribution in [1.29, 1.82) is 0 Å². The van der Waals surface area contributed by atoms with Gasteiger partial charge in [0.05, 0.1) is 4.90 Å². The Kier molecular flexibility index (Phi) is 5.88. The lowest BCUT2D eigenvalue weighted by Crippen LogP contribution is -2.34. The second-order valence-electron chi connectivity index (χ2n) is 6.28. The maximum atomic E-state index is 12.6. The molecule has 6 heteroatoms. The van der Waals surface area contributed by atoms with Gasteiger partial charge >= 0.3 is 0 Å². The number of nitrogens with zero attached hydrogens (tertiary/aromatic N) is 1. The third-order valence-corrected chi connectivity index (χ3v) is 6.43. The van der Waals surface area contributed by atoms with Crippen molar-refractivity contribution < 1.29 is 8.42 Å². The zero-order valence-corrected chi connectivity index (χ0v) is 16.4. The van der Waals surface area contributed by atoms with Crippen LogP contribution in [0.2, 0.25) is 0 Å². The third kappa shape index (κ3) is 4.40. The Hall–Kier alpha value is -1.99. The minimum atomic E-state index is -3.55. The van der Waals surface area contributed by atoms with Gasteiger partial charge in [-0.1, -0.05) is 42.5 Å². The van der Waals surface area contributed by atoms with E-state index < -0.39 is 10.0 Å². The summed E-state index contributed by atoms with van der Waals surface area (Å²) in [6, 6.07) is 18.9. The van der Waals surface area contributed by atoms with E-state index in [2.05, 4.69) is 4.72 Å². The molecule has 0 aliphatic carbocycles. The number of nitrogens with one attached hydrogen (secondary N) is 1. The first-order valence-electron chi connectivity index (χ1n) is 8.31. The van der Waals surface area contributed by atoms with E-state index >= 15 is 0 Å². The van der Waals surface area contributed by atoms with Gasteiger partial charge in [0.15, 0.2) is 0 Å². The number of sulfonamides is 1. The van der Waals surface area contributed by atoms with Crippen molar-refractivity contribution in [3.05, 3.63) is 77.0 Å². The quantitative estimate of drug-likeness (QED) is 0.668. The lowest BCUT2D eigenvalue weighted by Gasteiger charge is -2.24. The lowest BCUT2D eigenvalue weighted by molar-refractivity contribution is 0.300. The molecular weight excluding hydrogens is 364 g/mol. The Balaban J connectivity index is 1.74. The van der Waals surface area contributed by atoms with E-state index in [1.165, 1.54) is 0 Å². The molecule has 3 aromatic rings. The molecule has 136 valence electrons. The van der Waals surface area contributed by atoms with Crippen molar-refractivity contribution in [3.8, 4) is 11.1 Å². The molecule has 0 spiro atoms. The normalized spacial score (nSPS) is 13.0. The van der Waals surface area contributed by atoms with E-state index in [0.29, 0.717) is 6.54 Å². The van der Waals surface area contributed by atoms with Gasteiger partial charge in [0, 0.05) is 12.6 Å². The molecule has 1 aromatic heterocycles. The molecule has 0 saturated heterocycles. The smallest absolute Gasteiger partial charge is 0.240 e. The number of likely N-dealkylation sites (N-methyl/N-ethyl adjacent to an activating group) is 1. The lowest BCUT2D eigenvalue weighted by atomic mass is 10.1. The average Bonchev–Trinajstić information content (AvgIpc) is 3.17. The van der Waals surface area contributed by atoms with Crippen molar-refractivity contribution in [2.75, 3.05) is 20.6 Å². The highest BCUT2D eigenvalue weighted by molar-refractivity contribution is 7.89. The zero-order chi connectivity index (χ0) is 18.6. The SMILES string of the molecule is CN(C)[C@H](CNS(=O)(=O)c1ccc(-c2ccccc2)cc1)c1ccsc1. The van der Waals surface area contributed by atoms with Gasteiger partial charge in [0.2, 0.25) is 10.0 Å². The number of hydrogen-bond donors (Lipinski definition) is 1. The molecule has 0 fully saturated rings. The zero-order valence-electron chi connectivity index (χ0n) is 14.8. The van der Waals surface area contributed by atoms with Crippen molar-refractivity contribution in [2.45, 2.75) is 10.9 Å². The summed E-state index contributed by atoms with van der Waals surface area (Å²) in [5.41, 5.74) is 3.17. The van der Waals surface area contributed by atoms with Crippen LogP contribution in [0.4, 0.5) is 0 Å². The van der Waals surface area contributed by atoms with Gasteiger partial charge in [-0.05, 0) is 59.7 Å². The second-order valence-corrected chi connectivity index (χ2v) is 8.83. The summed E-state index contributed by atoms with van der Waals surface area (Å²) < 4.78 is 28.0. The van der Waals surface area contributed by atoms with Crippen LogP contribution in [0.1, 0.15) is 11.6 Å². The van der Waals surface area contributed by atoms with Gasteiger partial charge < -0.3 is 4.90 Å². The van der Waals surface area contributed by atoms with Crippen LogP contribution in [0, 0.1) is 0 Å². The molecule has 0 saturated carbocycles. The number of benzene rings is 2. The van der Waals surface area contributed by atoms with Gasteiger partial charge in [0.25, 0.3) is 0 Å².